The van der Waals surface area contributed by atoms with Crippen LogP contribution in [0.25, 0.3) is 10.8 Å². The molecule has 2 N–H and O–H groups in total. The van der Waals surface area contributed by atoms with Crippen LogP contribution in [0.3, 0.4) is 0 Å². The van der Waals surface area contributed by atoms with Gasteiger partial charge >= 0.3 is 0 Å². The number of methoxy groups -OCH3 is 1. The molecule has 2 rings (SSSR count). The number of ether oxygens (including phenoxy) is 1. The van der Waals surface area contributed by atoms with E-state index in [9.17, 15) is 13.5 Å². The molecule has 2 aromatic rings. The second kappa shape index (κ2) is 4.56. The lowest BCUT2D eigenvalue weighted by atomic mass is 10.0. The van der Waals surface area contributed by atoms with Gasteiger partial charge in [0.2, 0.25) is 5.44 Å². The molecule has 0 aliphatic rings. The van der Waals surface area contributed by atoms with Crippen LogP contribution >= 0.6 is 0 Å². The Morgan fingerprint density at radius 3 is 2.44 bits per heavy atom. The predicted octanol–water partition coefficient (Wildman–Crippen LogP) is 1.73. The molecule has 0 heterocycles. The molecule has 96 valence electrons. The summed E-state index contributed by atoms with van der Waals surface area (Å²) < 4.78 is 36.2. The van der Waals surface area contributed by atoms with Crippen LogP contribution in [0.5, 0.6) is 5.75 Å². The standard InChI is InChI=1S/C12H12O5S/c1-17-10-7-6-8-4-2-3-5-9(8)11(10)12(13)18(14,15)16/h2-7,12-13H,1H3,(H,14,15,16). The van der Waals surface area contributed by atoms with Gasteiger partial charge in [0.15, 0.2) is 0 Å². The molecule has 18 heavy (non-hydrogen) atoms. The third kappa shape index (κ3) is 2.17. The van der Waals surface area contributed by atoms with Gasteiger partial charge in [0.1, 0.15) is 5.75 Å². The quantitative estimate of drug-likeness (QED) is 0.828. The van der Waals surface area contributed by atoms with E-state index in [4.69, 9.17) is 9.29 Å². The second-order valence-corrected chi connectivity index (χ2v) is 5.25. The minimum absolute atomic E-state index is 0.0399. The first-order chi connectivity index (χ1) is 8.45. The summed E-state index contributed by atoms with van der Waals surface area (Å²) in [4.78, 5) is 0. The van der Waals surface area contributed by atoms with Gasteiger partial charge in [-0.1, -0.05) is 30.3 Å². The van der Waals surface area contributed by atoms with Crippen molar-refractivity contribution in [1.82, 2.24) is 0 Å². The van der Waals surface area contributed by atoms with Crippen LogP contribution in [-0.4, -0.2) is 25.2 Å². The Morgan fingerprint density at radius 2 is 1.83 bits per heavy atom. The molecule has 0 spiro atoms. The molecule has 0 amide bonds. The van der Waals surface area contributed by atoms with Gasteiger partial charge in [-0.2, -0.15) is 8.42 Å². The summed E-state index contributed by atoms with van der Waals surface area (Å²) in [6.45, 7) is 0. The molecule has 2 aromatic carbocycles. The molecule has 0 aromatic heterocycles. The average molecular weight is 268 g/mol. The van der Waals surface area contributed by atoms with Crippen LogP contribution in [0, 0.1) is 0 Å². The van der Waals surface area contributed by atoms with E-state index in [0.29, 0.717) is 5.39 Å². The lowest BCUT2D eigenvalue weighted by molar-refractivity contribution is 0.234. The van der Waals surface area contributed by atoms with E-state index in [1.54, 1.807) is 36.4 Å². The van der Waals surface area contributed by atoms with Crippen molar-refractivity contribution in [3.8, 4) is 5.75 Å². The van der Waals surface area contributed by atoms with E-state index in [1.165, 1.54) is 7.11 Å². The molecule has 0 bridgehead atoms. The van der Waals surface area contributed by atoms with Gasteiger partial charge in [0, 0.05) is 5.56 Å². The van der Waals surface area contributed by atoms with Crippen molar-refractivity contribution in [2.45, 2.75) is 5.44 Å². The molecule has 1 unspecified atom stereocenters. The van der Waals surface area contributed by atoms with Crippen molar-refractivity contribution < 1.29 is 22.8 Å². The topological polar surface area (TPSA) is 83.8 Å². The molecule has 1 atom stereocenters. The zero-order valence-corrected chi connectivity index (χ0v) is 10.4. The molecule has 0 aliphatic heterocycles. The molecule has 0 aliphatic carbocycles. The average Bonchev–Trinajstić information content (AvgIpc) is 2.35. The summed E-state index contributed by atoms with van der Waals surface area (Å²) >= 11 is 0. The van der Waals surface area contributed by atoms with Gasteiger partial charge in [0.25, 0.3) is 10.1 Å². The monoisotopic (exact) mass is 268 g/mol. The van der Waals surface area contributed by atoms with Gasteiger partial charge < -0.3 is 9.84 Å². The van der Waals surface area contributed by atoms with E-state index in [2.05, 4.69) is 0 Å². The lowest BCUT2D eigenvalue weighted by Gasteiger charge is -2.15. The van der Waals surface area contributed by atoms with Crippen molar-refractivity contribution in [1.29, 1.82) is 0 Å². The third-order valence-electron chi connectivity index (χ3n) is 2.68. The summed E-state index contributed by atoms with van der Waals surface area (Å²) in [6, 6.07) is 10.2. The normalized spacial score (nSPS) is 13.5. The summed E-state index contributed by atoms with van der Waals surface area (Å²) in [6.07, 6.45) is 0. The first kappa shape index (κ1) is 12.8. The van der Waals surface area contributed by atoms with Crippen molar-refractivity contribution in [2.75, 3.05) is 7.11 Å². The lowest BCUT2D eigenvalue weighted by Crippen LogP contribution is -2.13. The second-order valence-electron chi connectivity index (χ2n) is 3.77. The summed E-state index contributed by atoms with van der Waals surface area (Å²) in [7, 11) is -3.24. The highest BCUT2D eigenvalue weighted by Crippen LogP contribution is 2.34. The molecular formula is C12H12O5S. The van der Waals surface area contributed by atoms with Gasteiger partial charge in [0.05, 0.1) is 7.11 Å². The Kier molecular flexibility index (Phi) is 3.25. The fourth-order valence-electron chi connectivity index (χ4n) is 1.86. The maximum absolute atomic E-state index is 11.1. The van der Waals surface area contributed by atoms with Gasteiger partial charge in [-0.3, -0.25) is 4.55 Å². The number of rotatable bonds is 3. The van der Waals surface area contributed by atoms with Gasteiger partial charge in [-0.05, 0) is 16.8 Å². The Balaban J connectivity index is 2.81. The van der Waals surface area contributed by atoms with Crippen molar-refractivity contribution in [2.24, 2.45) is 0 Å². The fourth-order valence-corrected chi connectivity index (χ4v) is 2.40. The van der Waals surface area contributed by atoms with E-state index in [1.807, 2.05) is 0 Å². The van der Waals surface area contributed by atoms with Crippen LogP contribution in [0.1, 0.15) is 11.0 Å². The molecule has 0 fully saturated rings. The Morgan fingerprint density at radius 1 is 1.17 bits per heavy atom. The molecule has 5 nitrogen and oxygen atoms in total. The van der Waals surface area contributed by atoms with Crippen LogP contribution in [0.15, 0.2) is 36.4 Å². The summed E-state index contributed by atoms with van der Waals surface area (Å²) in [5.41, 5.74) is -1.99. The van der Waals surface area contributed by atoms with Crippen molar-refractivity contribution >= 4 is 20.9 Å². The number of benzene rings is 2. The molecular weight excluding hydrogens is 256 g/mol. The summed E-state index contributed by atoms with van der Waals surface area (Å²) in [5, 5.41) is 11.0. The van der Waals surface area contributed by atoms with Crippen LogP contribution < -0.4 is 4.74 Å². The molecule has 0 saturated carbocycles. The Labute approximate surface area is 104 Å². The first-order valence-electron chi connectivity index (χ1n) is 5.15. The van der Waals surface area contributed by atoms with Crippen LogP contribution in [-0.2, 0) is 10.1 Å². The van der Waals surface area contributed by atoms with E-state index in [-0.39, 0.29) is 11.3 Å². The van der Waals surface area contributed by atoms with E-state index >= 15 is 0 Å². The van der Waals surface area contributed by atoms with Crippen LogP contribution in [0.4, 0.5) is 0 Å². The first-order valence-corrected chi connectivity index (χ1v) is 6.65. The Bertz CT molecular complexity index is 678. The Hall–Kier alpha value is -1.63. The predicted molar refractivity (Wildman–Crippen MR) is 67.0 cm³/mol. The number of hydrogen-bond donors (Lipinski definition) is 2. The minimum Gasteiger partial charge on any atom is -0.496 e. The van der Waals surface area contributed by atoms with E-state index < -0.39 is 15.6 Å². The summed E-state index contributed by atoms with van der Waals surface area (Å²) in [5.74, 6) is 0.207. The number of fused-ring (bicyclic) bond motifs is 1. The minimum atomic E-state index is -4.60. The number of hydrogen-bond acceptors (Lipinski definition) is 4. The van der Waals surface area contributed by atoms with Gasteiger partial charge in [-0.25, -0.2) is 0 Å². The molecule has 0 saturated heterocycles. The maximum atomic E-state index is 11.1. The van der Waals surface area contributed by atoms with E-state index in [0.717, 1.165) is 5.39 Å². The highest BCUT2D eigenvalue weighted by Gasteiger charge is 2.27. The zero-order chi connectivity index (χ0) is 13.3. The highest BCUT2D eigenvalue weighted by atomic mass is 32.2. The van der Waals surface area contributed by atoms with Crippen molar-refractivity contribution in [3.63, 3.8) is 0 Å². The number of aliphatic hydroxyl groups is 1. The zero-order valence-electron chi connectivity index (χ0n) is 9.57. The highest BCUT2D eigenvalue weighted by molar-refractivity contribution is 7.85. The van der Waals surface area contributed by atoms with Crippen LogP contribution in [0.2, 0.25) is 0 Å². The molecule has 6 heteroatoms. The fraction of sp³-hybridized carbons (Fsp3) is 0.167. The largest absolute Gasteiger partial charge is 0.496 e. The van der Waals surface area contributed by atoms with Crippen molar-refractivity contribution in [3.05, 3.63) is 42.0 Å². The molecule has 0 radical (unpaired) electrons. The number of aliphatic hydroxyl groups excluding tert-OH is 1. The maximum Gasteiger partial charge on any atom is 0.296 e. The van der Waals surface area contributed by atoms with Gasteiger partial charge in [-0.15, -0.1) is 0 Å². The third-order valence-corrected chi connectivity index (χ3v) is 3.48. The smallest absolute Gasteiger partial charge is 0.296 e. The SMILES string of the molecule is COc1ccc2ccccc2c1C(O)S(=O)(=O)O.